The monoisotopic (exact) mass is 352 g/mol. The maximum Gasteiger partial charge on any atom is 0.310 e. The Morgan fingerprint density at radius 3 is 2.38 bits per heavy atom. The molecule has 0 spiro atoms. The Bertz CT molecular complexity index is 922. The van der Waals surface area contributed by atoms with Gasteiger partial charge >= 0.3 is 5.97 Å². The molecule has 138 valence electrons. The zero-order valence-corrected chi connectivity index (χ0v) is 15.9. The number of para-hydroxylation sites is 1. The zero-order chi connectivity index (χ0) is 18.7. The van der Waals surface area contributed by atoms with E-state index in [1.807, 2.05) is 13.8 Å². The van der Waals surface area contributed by atoms with Crippen LogP contribution in [0, 0.1) is 5.41 Å². The van der Waals surface area contributed by atoms with E-state index in [4.69, 9.17) is 0 Å². The van der Waals surface area contributed by atoms with Crippen LogP contribution in [-0.2, 0) is 17.9 Å². The molecule has 2 aromatic carbocycles. The van der Waals surface area contributed by atoms with Crippen LogP contribution >= 0.6 is 0 Å². The van der Waals surface area contributed by atoms with E-state index in [2.05, 4.69) is 59.3 Å². The first-order valence-corrected chi connectivity index (χ1v) is 9.50. The average Bonchev–Trinajstić information content (AvgIpc) is 2.98. The van der Waals surface area contributed by atoms with E-state index in [-0.39, 0.29) is 0 Å². The molecule has 1 aromatic heterocycles. The topological polar surface area (TPSA) is 54.3 Å². The normalized spacial score (nSPS) is 12.1. The van der Waals surface area contributed by atoms with Gasteiger partial charge in [0.05, 0.1) is 5.41 Å². The quantitative estimate of drug-likeness (QED) is 0.612. The highest BCUT2D eigenvalue weighted by Gasteiger charge is 2.34. The number of carboxylic acids is 1. The Hall–Kier alpha value is -2.33. The molecule has 0 bridgehead atoms. The number of aryl methyl sites for hydroxylation is 1. The number of hydrogen-bond donors (Lipinski definition) is 2. The molecule has 0 saturated heterocycles. The van der Waals surface area contributed by atoms with Gasteiger partial charge in [-0.2, -0.15) is 0 Å². The minimum Gasteiger partial charge on any atom is -0.481 e. The molecule has 0 fully saturated rings. The molecular formula is C22H28N2O2. The van der Waals surface area contributed by atoms with E-state index in [9.17, 15) is 9.90 Å². The van der Waals surface area contributed by atoms with Crippen LogP contribution in [0.1, 0.15) is 39.2 Å². The van der Waals surface area contributed by atoms with Gasteiger partial charge < -0.3 is 15.0 Å². The molecule has 0 aliphatic rings. The minimum absolute atomic E-state index is 0.490. The Labute approximate surface area is 154 Å². The number of nitrogens with zero attached hydrogens (tertiary/aromatic N) is 1. The maximum absolute atomic E-state index is 11.6. The number of carboxylic acid groups (broad SMARTS) is 1. The third-order valence-electron chi connectivity index (χ3n) is 5.75. The first-order chi connectivity index (χ1) is 12.6. The molecule has 2 N–H and O–H groups in total. The molecule has 26 heavy (non-hydrogen) atoms. The Morgan fingerprint density at radius 1 is 1.04 bits per heavy atom. The molecule has 4 nitrogen and oxygen atoms in total. The molecule has 0 atom stereocenters. The number of nitrogens with one attached hydrogen (secondary N) is 1. The van der Waals surface area contributed by atoms with Crippen molar-refractivity contribution < 1.29 is 9.90 Å². The van der Waals surface area contributed by atoms with Gasteiger partial charge in [-0.1, -0.05) is 38.1 Å². The van der Waals surface area contributed by atoms with Gasteiger partial charge in [-0.15, -0.1) is 0 Å². The van der Waals surface area contributed by atoms with Gasteiger partial charge in [-0.05, 0) is 43.5 Å². The summed E-state index contributed by atoms with van der Waals surface area (Å²) in [5.41, 5.74) is 3.02. The Morgan fingerprint density at radius 2 is 1.73 bits per heavy atom. The molecule has 4 heteroatoms. The fourth-order valence-electron chi connectivity index (χ4n) is 3.88. The minimum atomic E-state index is -0.712. The van der Waals surface area contributed by atoms with Gasteiger partial charge in [0.1, 0.15) is 0 Å². The lowest BCUT2D eigenvalue weighted by Crippen LogP contribution is -2.39. The van der Waals surface area contributed by atoms with Crippen LogP contribution in [0.25, 0.3) is 21.8 Å². The predicted molar refractivity (Wildman–Crippen MR) is 107 cm³/mol. The molecule has 1 heterocycles. The van der Waals surface area contributed by atoms with Gasteiger partial charge in [0, 0.05) is 41.4 Å². The van der Waals surface area contributed by atoms with E-state index in [0.717, 1.165) is 6.54 Å². The van der Waals surface area contributed by atoms with Crippen LogP contribution in [0.2, 0.25) is 0 Å². The van der Waals surface area contributed by atoms with Gasteiger partial charge in [-0.25, -0.2) is 0 Å². The van der Waals surface area contributed by atoms with Gasteiger partial charge in [0.25, 0.3) is 0 Å². The molecular weight excluding hydrogens is 324 g/mol. The molecule has 0 aliphatic heterocycles. The Balaban J connectivity index is 1.86. The Kier molecular flexibility index (Phi) is 5.33. The lowest BCUT2D eigenvalue weighted by molar-refractivity contribution is -0.149. The smallest absolute Gasteiger partial charge is 0.310 e. The number of hydrogen-bond acceptors (Lipinski definition) is 2. The lowest BCUT2D eigenvalue weighted by atomic mass is 9.82. The van der Waals surface area contributed by atoms with E-state index in [1.165, 1.54) is 27.4 Å². The highest BCUT2D eigenvalue weighted by atomic mass is 16.4. The van der Waals surface area contributed by atoms with Crippen molar-refractivity contribution in [1.29, 1.82) is 0 Å². The summed E-state index contributed by atoms with van der Waals surface area (Å²) in [5.74, 6) is -0.712. The zero-order valence-electron chi connectivity index (χ0n) is 15.9. The summed E-state index contributed by atoms with van der Waals surface area (Å²) in [6, 6.07) is 15.1. The summed E-state index contributed by atoms with van der Waals surface area (Å²) in [5, 5.41) is 15.5. The summed E-state index contributed by atoms with van der Waals surface area (Å²) in [6.07, 6.45) is 1.27. The van der Waals surface area contributed by atoms with Crippen molar-refractivity contribution in [2.75, 3.05) is 6.54 Å². The molecule has 0 saturated carbocycles. The van der Waals surface area contributed by atoms with Crippen molar-refractivity contribution in [3.8, 4) is 0 Å². The van der Waals surface area contributed by atoms with Crippen molar-refractivity contribution in [3.63, 3.8) is 0 Å². The fourth-order valence-corrected chi connectivity index (χ4v) is 3.88. The van der Waals surface area contributed by atoms with E-state index in [0.29, 0.717) is 25.9 Å². The SMILES string of the molecule is CCn1c2ccccc2c2cc(CNCC(CC)(CC)C(=O)O)ccc21. The van der Waals surface area contributed by atoms with Gasteiger partial charge in [-0.3, -0.25) is 4.79 Å². The predicted octanol–water partition coefficient (Wildman–Crippen LogP) is 4.80. The molecule has 0 aliphatic carbocycles. The summed E-state index contributed by atoms with van der Waals surface area (Å²) < 4.78 is 2.34. The molecule has 0 amide bonds. The van der Waals surface area contributed by atoms with Crippen LogP contribution in [0.4, 0.5) is 0 Å². The van der Waals surface area contributed by atoms with Crippen molar-refractivity contribution in [3.05, 3.63) is 48.0 Å². The second kappa shape index (κ2) is 7.50. The third-order valence-corrected chi connectivity index (χ3v) is 5.75. The van der Waals surface area contributed by atoms with E-state index in [1.54, 1.807) is 0 Å². The van der Waals surface area contributed by atoms with Crippen molar-refractivity contribution in [2.45, 2.75) is 46.7 Å². The van der Waals surface area contributed by atoms with Gasteiger partial charge in [0.15, 0.2) is 0 Å². The number of aromatic nitrogens is 1. The lowest BCUT2D eigenvalue weighted by Gasteiger charge is -2.27. The molecule has 3 rings (SSSR count). The van der Waals surface area contributed by atoms with Crippen LogP contribution in [-0.4, -0.2) is 22.2 Å². The summed E-state index contributed by atoms with van der Waals surface area (Å²) >= 11 is 0. The van der Waals surface area contributed by atoms with Gasteiger partial charge in [0.2, 0.25) is 0 Å². The average molecular weight is 352 g/mol. The van der Waals surface area contributed by atoms with Crippen LogP contribution < -0.4 is 5.32 Å². The van der Waals surface area contributed by atoms with Crippen molar-refractivity contribution in [2.24, 2.45) is 5.41 Å². The fraction of sp³-hybridized carbons (Fsp3) is 0.409. The summed E-state index contributed by atoms with van der Waals surface area (Å²) in [6.45, 7) is 8.18. The van der Waals surface area contributed by atoms with Crippen LogP contribution in [0.15, 0.2) is 42.5 Å². The van der Waals surface area contributed by atoms with Crippen molar-refractivity contribution in [1.82, 2.24) is 9.88 Å². The number of benzene rings is 2. The van der Waals surface area contributed by atoms with Crippen LogP contribution in [0.3, 0.4) is 0 Å². The number of aliphatic carboxylic acids is 1. The molecule has 0 unspecified atom stereocenters. The standard InChI is InChI=1S/C22H28N2O2/c1-4-22(5-2,21(25)26)15-23-14-16-11-12-20-18(13-16)17-9-7-8-10-19(17)24(20)6-3/h7-13,23H,4-6,14-15H2,1-3H3,(H,25,26). The van der Waals surface area contributed by atoms with E-state index >= 15 is 0 Å². The second-order valence-corrected chi connectivity index (χ2v) is 7.01. The molecule has 3 aromatic rings. The van der Waals surface area contributed by atoms with E-state index < -0.39 is 11.4 Å². The molecule has 0 radical (unpaired) electrons. The largest absolute Gasteiger partial charge is 0.481 e. The highest BCUT2D eigenvalue weighted by molar-refractivity contribution is 6.08. The third kappa shape index (κ3) is 3.10. The first kappa shape index (κ1) is 18.5. The second-order valence-electron chi connectivity index (χ2n) is 7.01. The highest BCUT2D eigenvalue weighted by Crippen LogP contribution is 2.30. The van der Waals surface area contributed by atoms with Crippen LogP contribution in [0.5, 0.6) is 0 Å². The number of carbonyl (C=O) groups is 1. The summed E-state index contributed by atoms with van der Waals surface area (Å²) in [7, 11) is 0. The van der Waals surface area contributed by atoms with Crippen molar-refractivity contribution >= 4 is 27.8 Å². The first-order valence-electron chi connectivity index (χ1n) is 9.50. The number of fused-ring (bicyclic) bond motifs is 3. The summed E-state index contributed by atoms with van der Waals surface area (Å²) in [4.78, 5) is 11.6. The number of rotatable bonds is 8. The maximum atomic E-state index is 11.6.